The Morgan fingerprint density at radius 1 is 1.36 bits per heavy atom. The zero-order valence-corrected chi connectivity index (χ0v) is 19.5. The first-order valence-corrected chi connectivity index (χ1v) is 10.5. The Kier molecular flexibility index (Phi) is 7.42. The van der Waals surface area contributed by atoms with Crippen LogP contribution in [0.4, 0.5) is 5.82 Å². The van der Waals surface area contributed by atoms with Crippen LogP contribution in [0.3, 0.4) is 0 Å². The molecular formula is C21H34IN5O. The smallest absolute Gasteiger partial charge is 0.194 e. The van der Waals surface area contributed by atoms with Crippen molar-refractivity contribution < 1.29 is 4.74 Å². The van der Waals surface area contributed by atoms with E-state index in [0.29, 0.717) is 12.0 Å². The van der Waals surface area contributed by atoms with Crippen LogP contribution in [0.25, 0.3) is 0 Å². The summed E-state index contributed by atoms with van der Waals surface area (Å²) < 4.78 is 5.65. The summed E-state index contributed by atoms with van der Waals surface area (Å²) in [6.07, 6.45) is 7.69. The number of hydrogen-bond donors (Lipinski definition) is 1. The summed E-state index contributed by atoms with van der Waals surface area (Å²) in [5.74, 6) is 2.11. The SMILES string of the molecule is CCNC(=NCc1ccnc(N2CCOC(C)C2)c1)N1CCC2(CCC2)C1.I. The van der Waals surface area contributed by atoms with Gasteiger partial charge >= 0.3 is 0 Å². The van der Waals surface area contributed by atoms with Crippen LogP contribution in [0.2, 0.25) is 0 Å². The maximum atomic E-state index is 5.65. The van der Waals surface area contributed by atoms with Gasteiger partial charge in [0.15, 0.2) is 5.96 Å². The molecule has 0 aromatic carbocycles. The van der Waals surface area contributed by atoms with Gasteiger partial charge in [0.05, 0.1) is 19.3 Å². The lowest BCUT2D eigenvalue weighted by Gasteiger charge is -2.38. The molecule has 0 amide bonds. The van der Waals surface area contributed by atoms with Crippen LogP contribution < -0.4 is 10.2 Å². The van der Waals surface area contributed by atoms with E-state index in [-0.39, 0.29) is 30.1 Å². The van der Waals surface area contributed by atoms with Crippen molar-refractivity contribution in [3.05, 3.63) is 23.9 Å². The second kappa shape index (κ2) is 9.61. The normalized spacial score (nSPS) is 24.1. The number of pyridine rings is 1. The molecule has 7 heteroatoms. The molecule has 3 fully saturated rings. The quantitative estimate of drug-likeness (QED) is 0.392. The number of guanidine groups is 1. The van der Waals surface area contributed by atoms with Gasteiger partial charge in [0, 0.05) is 38.9 Å². The van der Waals surface area contributed by atoms with E-state index in [2.05, 4.69) is 46.1 Å². The van der Waals surface area contributed by atoms with Crippen molar-refractivity contribution in [2.24, 2.45) is 10.4 Å². The highest BCUT2D eigenvalue weighted by Gasteiger charge is 2.43. The molecule has 2 aliphatic heterocycles. The van der Waals surface area contributed by atoms with Crippen LogP contribution in [-0.4, -0.2) is 61.3 Å². The monoisotopic (exact) mass is 499 g/mol. The minimum absolute atomic E-state index is 0. The first-order valence-electron chi connectivity index (χ1n) is 10.5. The standard InChI is InChI=1S/C21H33N5O.HI/c1-3-22-20(26-10-8-21(16-26)6-4-7-21)24-14-18-5-9-23-19(13-18)25-11-12-27-17(2)15-25;/h5,9,13,17H,3-4,6-8,10-12,14-16H2,1-2H3,(H,22,24);1H. The van der Waals surface area contributed by atoms with Gasteiger partial charge < -0.3 is 19.9 Å². The zero-order valence-electron chi connectivity index (χ0n) is 17.2. The van der Waals surface area contributed by atoms with Crippen molar-refractivity contribution in [2.75, 3.05) is 44.2 Å². The highest BCUT2D eigenvalue weighted by molar-refractivity contribution is 14.0. The van der Waals surface area contributed by atoms with Crippen molar-refractivity contribution in [2.45, 2.75) is 52.2 Å². The third kappa shape index (κ3) is 4.90. The van der Waals surface area contributed by atoms with E-state index in [4.69, 9.17) is 9.73 Å². The number of ether oxygens (including phenoxy) is 1. The number of aromatic nitrogens is 1. The fourth-order valence-electron chi connectivity index (χ4n) is 4.55. The van der Waals surface area contributed by atoms with Crippen LogP contribution >= 0.6 is 24.0 Å². The number of hydrogen-bond acceptors (Lipinski definition) is 4. The van der Waals surface area contributed by atoms with Gasteiger partial charge in [-0.05, 0) is 56.2 Å². The topological polar surface area (TPSA) is 53.0 Å². The van der Waals surface area contributed by atoms with E-state index in [1.54, 1.807) is 0 Å². The van der Waals surface area contributed by atoms with Crippen molar-refractivity contribution in [3.63, 3.8) is 0 Å². The molecule has 0 bridgehead atoms. The number of halogens is 1. The van der Waals surface area contributed by atoms with Gasteiger partial charge in [-0.1, -0.05) is 6.42 Å². The van der Waals surface area contributed by atoms with Gasteiger partial charge in [-0.2, -0.15) is 0 Å². The summed E-state index contributed by atoms with van der Waals surface area (Å²) in [5.41, 5.74) is 1.81. The Morgan fingerprint density at radius 2 is 2.21 bits per heavy atom. The van der Waals surface area contributed by atoms with Gasteiger partial charge in [-0.25, -0.2) is 9.98 Å². The van der Waals surface area contributed by atoms with Crippen molar-refractivity contribution in [1.82, 2.24) is 15.2 Å². The van der Waals surface area contributed by atoms with E-state index < -0.39 is 0 Å². The lowest BCUT2D eigenvalue weighted by atomic mass is 9.68. The molecule has 1 unspecified atom stereocenters. The first kappa shape index (κ1) is 21.6. The Bertz CT molecular complexity index is 679. The molecule has 1 aromatic rings. The van der Waals surface area contributed by atoms with Crippen molar-refractivity contribution in [3.8, 4) is 0 Å². The maximum absolute atomic E-state index is 5.65. The molecule has 1 N–H and O–H groups in total. The van der Waals surface area contributed by atoms with Crippen molar-refractivity contribution >= 4 is 35.8 Å². The number of morpholine rings is 1. The van der Waals surface area contributed by atoms with E-state index in [0.717, 1.165) is 44.6 Å². The lowest BCUT2D eigenvalue weighted by molar-refractivity contribution is 0.0529. The Labute approximate surface area is 186 Å². The number of nitrogens with zero attached hydrogens (tertiary/aromatic N) is 4. The van der Waals surface area contributed by atoms with Crippen LogP contribution in [0, 0.1) is 5.41 Å². The van der Waals surface area contributed by atoms with Gasteiger partial charge in [0.1, 0.15) is 5.82 Å². The molecular weight excluding hydrogens is 465 g/mol. The van der Waals surface area contributed by atoms with Crippen LogP contribution in [-0.2, 0) is 11.3 Å². The summed E-state index contributed by atoms with van der Waals surface area (Å²) in [6, 6.07) is 4.26. The summed E-state index contributed by atoms with van der Waals surface area (Å²) >= 11 is 0. The molecule has 3 aliphatic rings. The molecule has 1 spiro atoms. The summed E-state index contributed by atoms with van der Waals surface area (Å²) in [5, 5.41) is 3.50. The van der Waals surface area contributed by atoms with Gasteiger partial charge in [-0.3, -0.25) is 0 Å². The second-order valence-corrected chi connectivity index (χ2v) is 8.34. The number of aliphatic imine (C=N–C) groups is 1. The Hall–Kier alpha value is -1.09. The fourth-order valence-corrected chi connectivity index (χ4v) is 4.55. The van der Waals surface area contributed by atoms with E-state index in [1.165, 1.54) is 37.8 Å². The fraction of sp³-hybridized carbons (Fsp3) is 0.714. The molecule has 2 saturated heterocycles. The van der Waals surface area contributed by atoms with Crippen LogP contribution in [0.15, 0.2) is 23.3 Å². The number of nitrogens with one attached hydrogen (secondary N) is 1. The molecule has 28 heavy (non-hydrogen) atoms. The van der Waals surface area contributed by atoms with E-state index in [9.17, 15) is 0 Å². The predicted octanol–water partition coefficient (Wildman–Crippen LogP) is 3.27. The number of rotatable bonds is 4. The van der Waals surface area contributed by atoms with E-state index in [1.807, 2.05) is 6.20 Å². The number of anilines is 1. The molecule has 1 saturated carbocycles. The van der Waals surface area contributed by atoms with Gasteiger partial charge in [0.2, 0.25) is 0 Å². The molecule has 4 rings (SSSR count). The average Bonchev–Trinajstić information content (AvgIpc) is 3.11. The minimum atomic E-state index is 0. The van der Waals surface area contributed by atoms with Crippen LogP contribution in [0.5, 0.6) is 0 Å². The van der Waals surface area contributed by atoms with Crippen LogP contribution in [0.1, 0.15) is 45.1 Å². The molecule has 1 aliphatic carbocycles. The zero-order chi connectivity index (χ0) is 18.7. The van der Waals surface area contributed by atoms with Gasteiger partial charge in [0.25, 0.3) is 0 Å². The molecule has 3 heterocycles. The highest BCUT2D eigenvalue weighted by atomic mass is 127. The predicted molar refractivity (Wildman–Crippen MR) is 125 cm³/mol. The maximum Gasteiger partial charge on any atom is 0.194 e. The lowest BCUT2D eigenvalue weighted by Crippen LogP contribution is -2.42. The minimum Gasteiger partial charge on any atom is -0.375 e. The Morgan fingerprint density at radius 3 is 2.89 bits per heavy atom. The van der Waals surface area contributed by atoms with Crippen molar-refractivity contribution in [1.29, 1.82) is 0 Å². The molecule has 1 atom stereocenters. The third-order valence-corrected chi connectivity index (χ3v) is 6.27. The molecule has 1 aromatic heterocycles. The number of likely N-dealkylation sites (tertiary alicyclic amines) is 1. The molecule has 156 valence electrons. The first-order chi connectivity index (χ1) is 13.2. The average molecular weight is 499 g/mol. The third-order valence-electron chi connectivity index (χ3n) is 6.27. The largest absolute Gasteiger partial charge is 0.375 e. The van der Waals surface area contributed by atoms with E-state index >= 15 is 0 Å². The molecule has 0 radical (unpaired) electrons. The summed E-state index contributed by atoms with van der Waals surface area (Å²) in [4.78, 5) is 14.3. The summed E-state index contributed by atoms with van der Waals surface area (Å²) in [6.45, 7) is 10.8. The van der Waals surface area contributed by atoms with Gasteiger partial charge in [-0.15, -0.1) is 24.0 Å². The second-order valence-electron chi connectivity index (χ2n) is 8.34. The highest BCUT2D eigenvalue weighted by Crippen LogP contribution is 2.47. The summed E-state index contributed by atoms with van der Waals surface area (Å²) in [7, 11) is 0. The Balaban J connectivity index is 0.00000225. The molecule has 6 nitrogen and oxygen atoms in total.